The number of pyridine rings is 1. The minimum absolute atomic E-state index is 0.0284. The Hall–Kier alpha value is -3.23. The fourth-order valence-electron chi connectivity index (χ4n) is 3.02. The highest BCUT2D eigenvalue weighted by Crippen LogP contribution is 2.35. The predicted molar refractivity (Wildman–Crippen MR) is 121 cm³/mol. The van der Waals surface area contributed by atoms with Crippen molar-refractivity contribution in [2.75, 3.05) is 17.7 Å². The van der Waals surface area contributed by atoms with E-state index in [1.165, 1.54) is 19.4 Å². The maximum Gasteiger partial charge on any atom is 0.341 e. The molecule has 160 valence electrons. The zero-order chi connectivity index (χ0) is 22.7. The van der Waals surface area contributed by atoms with E-state index in [2.05, 4.69) is 15.6 Å². The van der Waals surface area contributed by atoms with E-state index in [1.54, 1.807) is 13.0 Å². The summed E-state index contributed by atoms with van der Waals surface area (Å²) in [4.78, 5) is 42.2. The number of halogens is 1. The molecule has 0 atom stereocenters. The lowest BCUT2D eigenvalue weighted by Crippen LogP contribution is -2.15. The molecule has 2 aromatic heterocycles. The molecule has 0 aliphatic heterocycles. The number of carbonyl (C=O) groups excluding carboxylic acids is 3. The topological polar surface area (TPSA) is 97.4 Å². The van der Waals surface area contributed by atoms with Crippen LogP contribution in [0.1, 0.15) is 47.1 Å². The number of carbonyl (C=O) groups is 3. The van der Waals surface area contributed by atoms with Crippen molar-refractivity contribution in [2.45, 2.75) is 20.8 Å². The van der Waals surface area contributed by atoms with Crippen molar-refractivity contribution in [2.24, 2.45) is 0 Å². The quantitative estimate of drug-likeness (QED) is 0.414. The number of hydrogen-bond donors (Lipinski definition) is 2. The standard InChI is InChI=1S/C22H20ClN3O4S/c1-11-7-8-15(12(2)10-11)25-20(28)17-13(3)16(22(29)30-4)21(31-17)26-19(27)14-6-5-9-24-18(14)23/h5-10H,1-4H3,(H,25,28)(H,26,27). The summed E-state index contributed by atoms with van der Waals surface area (Å²) in [7, 11) is 1.23. The maximum atomic E-state index is 13.0. The first kappa shape index (κ1) is 22.5. The van der Waals surface area contributed by atoms with Crippen LogP contribution in [-0.4, -0.2) is 29.9 Å². The lowest BCUT2D eigenvalue weighted by molar-refractivity contribution is 0.0601. The van der Waals surface area contributed by atoms with E-state index < -0.39 is 11.9 Å². The molecule has 1 aromatic carbocycles. The lowest BCUT2D eigenvalue weighted by atomic mass is 10.1. The molecule has 7 nitrogen and oxygen atoms in total. The van der Waals surface area contributed by atoms with Gasteiger partial charge in [0.1, 0.15) is 10.2 Å². The Morgan fingerprint density at radius 1 is 1.06 bits per heavy atom. The molecule has 2 amide bonds. The van der Waals surface area contributed by atoms with E-state index >= 15 is 0 Å². The second-order valence-corrected chi connectivity index (χ2v) is 8.20. The van der Waals surface area contributed by atoms with Crippen LogP contribution in [0.15, 0.2) is 36.5 Å². The first-order chi connectivity index (χ1) is 14.7. The molecule has 0 radical (unpaired) electrons. The van der Waals surface area contributed by atoms with Gasteiger partial charge in [-0.25, -0.2) is 9.78 Å². The molecule has 0 aliphatic carbocycles. The van der Waals surface area contributed by atoms with Crippen LogP contribution in [0, 0.1) is 20.8 Å². The van der Waals surface area contributed by atoms with Gasteiger partial charge in [-0.3, -0.25) is 9.59 Å². The largest absolute Gasteiger partial charge is 0.465 e. The van der Waals surface area contributed by atoms with Gasteiger partial charge >= 0.3 is 5.97 Å². The number of hydrogen-bond acceptors (Lipinski definition) is 6. The number of nitrogens with zero attached hydrogens (tertiary/aromatic N) is 1. The number of aryl methyl sites for hydroxylation is 2. The minimum atomic E-state index is -0.660. The van der Waals surface area contributed by atoms with Crippen molar-refractivity contribution < 1.29 is 19.1 Å². The third-order valence-corrected chi connectivity index (χ3v) is 6.11. The average Bonchev–Trinajstić information content (AvgIpc) is 3.05. The fourth-order valence-corrected chi connectivity index (χ4v) is 4.32. The van der Waals surface area contributed by atoms with Gasteiger partial charge in [0, 0.05) is 11.9 Å². The van der Waals surface area contributed by atoms with Gasteiger partial charge in [0.25, 0.3) is 11.8 Å². The molecule has 0 fully saturated rings. The highest BCUT2D eigenvalue weighted by Gasteiger charge is 2.27. The number of anilines is 2. The van der Waals surface area contributed by atoms with Gasteiger partial charge in [0.05, 0.1) is 23.1 Å². The highest BCUT2D eigenvalue weighted by atomic mass is 35.5. The normalized spacial score (nSPS) is 10.5. The van der Waals surface area contributed by atoms with Crippen molar-refractivity contribution in [3.8, 4) is 0 Å². The number of thiophene rings is 1. The predicted octanol–water partition coefficient (Wildman–Crippen LogP) is 5.01. The first-order valence-corrected chi connectivity index (χ1v) is 10.4. The summed E-state index contributed by atoms with van der Waals surface area (Å²) in [5.41, 5.74) is 3.33. The number of ether oxygens (including phenoxy) is 1. The van der Waals surface area contributed by atoms with E-state index in [1.807, 2.05) is 32.0 Å². The van der Waals surface area contributed by atoms with E-state index in [4.69, 9.17) is 16.3 Å². The van der Waals surface area contributed by atoms with E-state index in [9.17, 15) is 14.4 Å². The lowest BCUT2D eigenvalue weighted by Gasteiger charge is -2.08. The second-order valence-electron chi connectivity index (χ2n) is 6.82. The fraction of sp³-hybridized carbons (Fsp3) is 0.182. The Morgan fingerprint density at radius 2 is 1.81 bits per heavy atom. The average molecular weight is 458 g/mol. The second kappa shape index (κ2) is 9.28. The van der Waals surface area contributed by atoms with Crippen LogP contribution in [0.3, 0.4) is 0 Å². The smallest absolute Gasteiger partial charge is 0.341 e. The summed E-state index contributed by atoms with van der Waals surface area (Å²) >= 11 is 6.98. The number of amides is 2. The summed E-state index contributed by atoms with van der Waals surface area (Å²) in [6.45, 7) is 5.49. The molecule has 0 saturated heterocycles. The number of methoxy groups -OCH3 is 1. The Morgan fingerprint density at radius 3 is 2.45 bits per heavy atom. The Bertz CT molecular complexity index is 1190. The van der Waals surface area contributed by atoms with Gasteiger partial charge in [0.2, 0.25) is 0 Å². The van der Waals surface area contributed by atoms with Gasteiger partial charge in [-0.2, -0.15) is 0 Å². The maximum absolute atomic E-state index is 13.0. The number of benzene rings is 1. The van der Waals surface area contributed by atoms with Gasteiger partial charge in [0.15, 0.2) is 0 Å². The molecule has 31 heavy (non-hydrogen) atoms. The summed E-state index contributed by atoms with van der Waals surface area (Å²) in [5.74, 6) is -1.60. The molecular formula is C22H20ClN3O4S. The van der Waals surface area contributed by atoms with Crippen molar-refractivity contribution in [1.82, 2.24) is 4.98 Å². The Kier molecular flexibility index (Phi) is 6.72. The van der Waals surface area contributed by atoms with Crippen LogP contribution in [0.2, 0.25) is 5.15 Å². The zero-order valence-corrected chi connectivity index (χ0v) is 18.9. The summed E-state index contributed by atoms with van der Waals surface area (Å²) in [6.07, 6.45) is 1.46. The highest BCUT2D eigenvalue weighted by molar-refractivity contribution is 7.19. The van der Waals surface area contributed by atoms with Gasteiger partial charge in [-0.1, -0.05) is 29.3 Å². The van der Waals surface area contributed by atoms with E-state index in [-0.39, 0.29) is 32.1 Å². The molecule has 3 rings (SSSR count). The van der Waals surface area contributed by atoms with Crippen LogP contribution >= 0.6 is 22.9 Å². The van der Waals surface area contributed by atoms with E-state index in [0.717, 1.165) is 22.5 Å². The van der Waals surface area contributed by atoms with Crippen LogP contribution < -0.4 is 10.6 Å². The summed E-state index contributed by atoms with van der Waals surface area (Å²) in [6, 6.07) is 8.76. The third-order valence-electron chi connectivity index (χ3n) is 4.60. The van der Waals surface area contributed by atoms with Crippen molar-refractivity contribution in [1.29, 1.82) is 0 Å². The minimum Gasteiger partial charge on any atom is -0.465 e. The molecule has 0 spiro atoms. The third kappa shape index (κ3) is 4.76. The molecule has 3 aromatic rings. The Balaban J connectivity index is 1.96. The van der Waals surface area contributed by atoms with Crippen LogP contribution in [0.5, 0.6) is 0 Å². The molecule has 0 unspecified atom stereocenters. The molecule has 9 heteroatoms. The summed E-state index contributed by atoms with van der Waals surface area (Å²) < 4.78 is 4.86. The van der Waals surface area contributed by atoms with E-state index in [0.29, 0.717) is 11.3 Å². The number of nitrogens with one attached hydrogen (secondary N) is 2. The number of esters is 1. The molecular weight excluding hydrogens is 438 g/mol. The molecule has 2 N–H and O–H groups in total. The zero-order valence-electron chi connectivity index (χ0n) is 17.3. The summed E-state index contributed by atoms with van der Waals surface area (Å²) in [5, 5.41) is 5.74. The van der Waals surface area contributed by atoms with Crippen molar-refractivity contribution in [3.63, 3.8) is 0 Å². The van der Waals surface area contributed by atoms with Gasteiger partial charge in [-0.05, 0) is 50.1 Å². The van der Waals surface area contributed by atoms with Crippen LogP contribution in [0.25, 0.3) is 0 Å². The van der Waals surface area contributed by atoms with Crippen LogP contribution in [0.4, 0.5) is 10.7 Å². The number of aromatic nitrogens is 1. The molecule has 0 bridgehead atoms. The molecule has 0 saturated carbocycles. The van der Waals surface area contributed by atoms with Gasteiger partial charge < -0.3 is 15.4 Å². The van der Waals surface area contributed by atoms with Crippen molar-refractivity contribution >= 4 is 51.4 Å². The van der Waals surface area contributed by atoms with Crippen molar-refractivity contribution in [3.05, 3.63) is 74.4 Å². The number of rotatable bonds is 5. The first-order valence-electron chi connectivity index (χ1n) is 9.25. The van der Waals surface area contributed by atoms with Crippen LogP contribution in [-0.2, 0) is 4.74 Å². The SMILES string of the molecule is COC(=O)c1c(NC(=O)c2cccnc2Cl)sc(C(=O)Nc2ccc(C)cc2C)c1C. The molecule has 2 heterocycles. The Labute approximate surface area is 188 Å². The van der Waals surface area contributed by atoms with Gasteiger partial charge in [-0.15, -0.1) is 11.3 Å². The molecule has 0 aliphatic rings. The monoisotopic (exact) mass is 457 g/mol.